The van der Waals surface area contributed by atoms with E-state index in [1.165, 1.54) is 24.3 Å². The van der Waals surface area contributed by atoms with E-state index in [-0.39, 0.29) is 18.2 Å². The Balaban J connectivity index is 1.77. The molecule has 7 heteroatoms. The average molecular weight is 352 g/mol. The molecule has 0 saturated heterocycles. The van der Waals surface area contributed by atoms with Crippen LogP contribution in [0, 0.1) is 0 Å². The zero-order chi connectivity index (χ0) is 18.3. The Kier molecular flexibility index (Phi) is 6.41. The quantitative estimate of drug-likeness (QED) is 0.805. The van der Waals surface area contributed by atoms with Gasteiger partial charge in [0.15, 0.2) is 0 Å². The third-order valence-electron chi connectivity index (χ3n) is 3.55. The third-order valence-corrected chi connectivity index (χ3v) is 3.55. The molecule has 0 saturated carbocycles. The van der Waals surface area contributed by atoms with Crippen molar-refractivity contribution in [3.05, 3.63) is 65.7 Å². The number of ether oxygens (including phenoxy) is 1. The molecule has 0 radical (unpaired) electrons. The summed E-state index contributed by atoms with van der Waals surface area (Å²) in [5.74, 6) is -0.603. The summed E-state index contributed by atoms with van der Waals surface area (Å²) in [6.45, 7) is 0.185. The van der Waals surface area contributed by atoms with Crippen LogP contribution in [0.3, 0.4) is 0 Å². The van der Waals surface area contributed by atoms with Crippen LogP contribution >= 0.6 is 0 Å². The van der Waals surface area contributed by atoms with Gasteiger partial charge in [-0.05, 0) is 36.1 Å². The summed E-state index contributed by atoms with van der Waals surface area (Å²) in [6, 6.07) is 14.4. The number of amides is 1. The van der Waals surface area contributed by atoms with E-state index in [4.69, 9.17) is 5.73 Å². The summed E-state index contributed by atoms with van der Waals surface area (Å²) < 4.78 is 40.0. The highest BCUT2D eigenvalue weighted by atomic mass is 19.4. The first-order valence-corrected chi connectivity index (χ1v) is 7.75. The van der Waals surface area contributed by atoms with Crippen LogP contribution in [0.25, 0.3) is 0 Å². The number of halogens is 3. The zero-order valence-electron chi connectivity index (χ0n) is 13.4. The van der Waals surface area contributed by atoms with Gasteiger partial charge < -0.3 is 15.8 Å². The fraction of sp³-hybridized carbons (Fsp3) is 0.278. The first kappa shape index (κ1) is 18.8. The van der Waals surface area contributed by atoms with E-state index in [1.807, 2.05) is 30.3 Å². The van der Waals surface area contributed by atoms with E-state index in [2.05, 4.69) is 10.1 Å². The lowest BCUT2D eigenvalue weighted by molar-refractivity contribution is -0.274. The summed E-state index contributed by atoms with van der Waals surface area (Å²) in [5, 5.41) is 2.68. The molecule has 25 heavy (non-hydrogen) atoms. The van der Waals surface area contributed by atoms with Gasteiger partial charge in [0.25, 0.3) is 0 Å². The normalized spacial score (nSPS) is 12.5. The highest BCUT2D eigenvalue weighted by Crippen LogP contribution is 2.22. The Labute approximate surface area is 143 Å². The van der Waals surface area contributed by atoms with Gasteiger partial charge >= 0.3 is 6.36 Å². The smallest absolute Gasteiger partial charge is 0.406 e. The van der Waals surface area contributed by atoms with Crippen LogP contribution in [-0.4, -0.2) is 18.3 Å². The number of alkyl halides is 3. The Morgan fingerprint density at radius 3 is 2.28 bits per heavy atom. The molecule has 0 heterocycles. The molecule has 0 aliphatic heterocycles. The van der Waals surface area contributed by atoms with Crippen molar-refractivity contribution in [2.24, 2.45) is 5.73 Å². The molecular weight excluding hydrogens is 333 g/mol. The molecule has 134 valence electrons. The number of nitrogens with one attached hydrogen (secondary N) is 1. The number of benzene rings is 2. The van der Waals surface area contributed by atoms with Gasteiger partial charge in [-0.25, -0.2) is 0 Å². The molecule has 0 aliphatic carbocycles. The van der Waals surface area contributed by atoms with Gasteiger partial charge in [-0.1, -0.05) is 42.5 Å². The van der Waals surface area contributed by atoms with E-state index in [0.29, 0.717) is 18.4 Å². The lowest BCUT2D eigenvalue weighted by atomic mass is 10.1. The largest absolute Gasteiger partial charge is 0.573 e. The van der Waals surface area contributed by atoms with E-state index < -0.39 is 12.4 Å². The van der Waals surface area contributed by atoms with E-state index in [1.54, 1.807) is 0 Å². The maximum Gasteiger partial charge on any atom is 0.573 e. The predicted molar refractivity (Wildman–Crippen MR) is 87.7 cm³/mol. The van der Waals surface area contributed by atoms with Crippen LogP contribution in [0.1, 0.15) is 17.5 Å². The summed E-state index contributed by atoms with van der Waals surface area (Å²) in [6.07, 6.45) is -3.52. The predicted octanol–water partition coefficient (Wildman–Crippen LogP) is 3.16. The second-order valence-electron chi connectivity index (χ2n) is 5.54. The first-order chi connectivity index (χ1) is 11.8. The van der Waals surface area contributed by atoms with Crippen molar-refractivity contribution < 1.29 is 22.7 Å². The lowest BCUT2D eigenvalue weighted by Gasteiger charge is -2.13. The standard InChI is InChI=1S/C18H19F3N2O2/c19-18(20,21)25-15-9-6-14(7-10-15)12-23-17(24)16(22)11-8-13-4-2-1-3-5-13/h1-7,9-10,16H,8,11-12,22H2,(H,23,24). The Bertz CT molecular complexity index is 673. The van der Waals surface area contributed by atoms with Crippen LogP contribution in [0.5, 0.6) is 5.75 Å². The van der Waals surface area contributed by atoms with Crippen LogP contribution in [0.2, 0.25) is 0 Å². The van der Waals surface area contributed by atoms with Crippen molar-refractivity contribution in [2.45, 2.75) is 31.8 Å². The van der Waals surface area contributed by atoms with Crippen LogP contribution < -0.4 is 15.8 Å². The van der Waals surface area contributed by atoms with Gasteiger partial charge in [0.05, 0.1) is 6.04 Å². The highest BCUT2D eigenvalue weighted by molar-refractivity contribution is 5.81. The number of nitrogens with two attached hydrogens (primary N) is 1. The van der Waals surface area contributed by atoms with Gasteiger partial charge in [-0.2, -0.15) is 0 Å². The second kappa shape index (κ2) is 8.53. The summed E-state index contributed by atoms with van der Waals surface area (Å²) in [5.41, 5.74) is 7.62. The molecule has 2 rings (SSSR count). The SMILES string of the molecule is NC(CCc1ccccc1)C(=O)NCc1ccc(OC(F)(F)F)cc1. The van der Waals surface area contributed by atoms with Gasteiger partial charge in [0.2, 0.25) is 5.91 Å². The molecule has 2 aromatic rings. The van der Waals surface area contributed by atoms with Crippen molar-refractivity contribution in [1.82, 2.24) is 5.32 Å². The third kappa shape index (κ3) is 6.84. The molecule has 1 unspecified atom stereocenters. The maximum absolute atomic E-state index is 12.1. The van der Waals surface area contributed by atoms with E-state index >= 15 is 0 Å². The van der Waals surface area contributed by atoms with Crippen molar-refractivity contribution in [3.63, 3.8) is 0 Å². The molecule has 0 bridgehead atoms. The number of hydrogen-bond donors (Lipinski definition) is 2. The van der Waals surface area contributed by atoms with Crippen LogP contribution in [0.4, 0.5) is 13.2 Å². The van der Waals surface area contributed by atoms with Crippen LogP contribution in [-0.2, 0) is 17.8 Å². The molecule has 2 aromatic carbocycles. The van der Waals surface area contributed by atoms with Gasteiger partial charge in [-0.3, -0.25) is 4.79 Å². The number of aryl methyl sites for hydroxylation is 1. The maximum atomic E-state index is 12.1. The molecule has 4 nitrogen and oxygen atoms in total. The molecule has 0 aliphatic rings. The first-order valence-electron chi connectivity index (χ1n) is 7.75. The van der Waals surface area contributed by atoms with E-state index in [0.717, 1.165) is 5.56 Å². The average Bonchev–Trinajstić information content (AvgIpc) is 2.58. The number of hydrogen-bond acceptors (Lipinski definition) is 3. The molecule has 3 N–H and O–H groups in total. The molecule has 0 spiro atoms. The number of rotatable bonds is 7. The molecule has 1 amide bonds. The fourth-order valence-corrected chi connectivity index (χ4v) is 2.23. The summed E-state index contributed by atoms with van der Waals surface area (Å²) in [7, 11) is 0. The van der Waals surface area contributed by atoms with Gasteiger partial charge in [0.1, 0.15) is 5.75 Å². The molecule has 0 fully saturated rings. The van der Waals surface area contributed by atoms with Crippen molar-refractivity contribution >= 4 is 5.91 Å². The minimum Gasteiger partial charge on any atom is -0.406 e. The van der Waals surface area contributed by atoms with Crippen molar-refractivity contribution in [2.75, 3.05) is 0 Å². The fourth-order valence-electron chi connectivity index (χ4n) is 2.23. The summed E-state index contributed by atoms with van der Waals surface area (Å²) in [4.78, 5) is 12.0. The minimum absolute atomic E-state index is 0.185. The lowest BCUT2D eigenvalue weighted by Crippen LogP contribution is -2.40. The zero-order valence-corrected chi connectivity index (χ0v) is 13.4. The Morgan fingerprint density at radius 2 is 1.68 bits per heavy atom. The monoisotopic (exact) mass is 352 g/mol. The Hall–Kier alpha value is -2.54. The number of carbonyl (C=O) groups is 1. The molecule has 1 atom stereocenters. The number of carbonyl (C=O) groups excluding carboxylic acids is 1. The molecular formula is C18H19F3N2O2. The molecule has 0 aromatic heterocycles. The minimum atomic E-state index is -4.72. The van der Waals surface area contributed by atoms with Gasteiger partial charge in [-0.15, -0.1) is 13.2 Å². The van der Waals surface area contributed by atoms with Gasteiger partial charge in [0, 0.05) is 6.54 Å². The topological polar surface area (TPSA) is 64.4 Å². The highest BCUT2D eigenvalue weighted by Gasteiger charge is 2.30. The van der Waals surface area contributed by atoms with Crippen LogP contribution in [0.15, 0.2) is 54.6 Å². The van der Waals surface area contributed by atoms with E-state index in [9.17, 15) is 18.0 Å². The Morgan fingerprint density at radius 1 is 1.04 bits per heavy atom. The summed E-state index contributed by atoms with van der Waals surface area (Å²) >= 11 is 0. The second-order valence-corrected chi connectivity index (χ2v) is 5.54. The van der Waals surface area contributed by atoms with Crippen molar-refractivity contribution in [3.8, 4) is 5.75 Å². The van der Waals surface area contributed by atoms with Crippen molar-refractivity contribution in [1.29, 1.82) is 0 Å².